The van der Waals surface area contributed by atoms with Crippen LogP contribution in [0, 0.1) is 5.92 Å². The van der Waals surface area contributed by atoms with Crippen LogP contribution in [0.25, 0.3) is 0 Å². The molecule has 1 aromatic carbocycles. The first kappa shape index (κ1) is 23.7. The molecule has 0 radical (unpaired) electrons. The van der Waals surface area contributed by atoms with Crippen LogP contribution in [0.15, 0.2) is 45.5 Å². The maximum atomic E-state index is 12.4. The number of ether oxygens (including phenoxy) is 1. The Hall–Kier alpha value is -2.92. The third-order valence-corrected chi connectivity index (χ3v) is 5.42. The van der Waals surface area contributed by atoms with Crippen molar-refractivity contribution in [3.8, 4) is 5.75 Å². The van der Waals surface area contributed by atoms with Crippen LogP contribution in [0.1, 0.15) is 36.4 Å². The van der Waals surface area contributed by atoms with Crippen molar-refractivity contribution >= 4 is 51.0 Å². The number of halogens is 1. The van der Waals surface area contributed by atoms with E-state index in [0.29, 0.717) is 28.1 Å². The molecular weight excluding hydrogens is 500 g/mol. The second kappa shape index (κ2) is 10.6. The fourth-order valence-electron chi connectivity index (χ4n) is 3.11. The Morgan fingerprint density at radius 1 is 1.31 bits per heavy atom. The number of nitrogens with one attached hydrogen (secondary N) is 3. The number of carbonyl (C=O) groups excluding carboxylic acids is 3. The molecular formula is C21H23BrN4O5S. The molecule has 0 aliphatic carbocycles. The van der Waals surface area contributed by atoms with E-state index < -0.39 is 17.7 Å². The second-order valence-electron chi connectivity index (χ2n) is 7.46. The normalized spacial score (nSPS) is 15.6. The van der Waals surface area contributed by atoms with Gasteiger partial charge in [0.15, 0.2) is 5.11 Å². The Balaban J connectivity index is 1.46. The van der Waals surface area contributed by atoms with Crippen molar-refractivity contribution in [2.75, 3.05) is 6.54 Å². The van der Waals surface area contributed by atoms with Crippen LogP contribution in [-0.2, 0) is 16.1 Å². The summed E-state index contributed by atoms with van der Waals surface area (Å²) in [6, 6.07) is 8.42. The number of benzene rings is 1. The molecule has 3 rings (SSSR count). The molecule has 32 heavy (non-hydrogen) atoms. The van der Waals surface area contributed by atoms with Crippen molar-refractivity contribution in [2.45, 2.75) is 32.9 Å². The molecule has 1 fully saturated rings. The van der Waals surface area contributed by atoms with E-state index >= 15 is 0 Å². The van der Waals surface area contributed by atoms with E-state index in [9.17, 15) is 14.4 Å². The lowest BCUT2D eigenvalue weighted by molar-refractivity contribution is -0.129. The Labute approximate surface area is 198 Å². The molecule has 170 valence electrons. The minimum absolute atomic E-state index is 0.00116. The van der Waals surface area contributed by atoms with Gasteiger partial charge in [-0.2, -0.15) is 0 Å². The van der Waals surface area contributed by atoms with Crippen LogP contribution in [0.2, 0.25) is 0 Å². The Morgan fingerprint density at radius 2 is 2.09 bits per heavy atom. The number of amides is 3. The molecule has 1 aliphatic rings. The lowest BCUT2D eigenvalue weighted by atomic mass is 10.1. The Bertz CT molecular complexity index is 1010. The van der Waals surface area contributed by atoms with Gasteiger partial charge in [0, 0.05) is 18.5 Å². The molecule has 0 saturated carbocycles. The first-order chi connectivity index (χ1) is 15.2. The summed E-state index contributed by atoms with van der Waals surface area (Å²) in [4.78, 5) is 38.5. The van der Waals surface area contributed by atoms with Gasteiger partial charge >= 0.3 is 0 Å². The molecule has 1 unspecified atom stereocenters. The lowest BCUT2D eigenvalue weighted by Gasteiger charge is -2.16. The zero-order valence-electron chi connectivity index (χ0n) is 17.5. The number of nitrogens with zero attached hydrogens (tertiary/aromatic N) is 1. The summed E-state index contributed by atoms with van der Waals surface area (Å²) in [5, 5.41) is 2.42. The van der Waals surface area contributed by atoms with E-state index in [-0.39, 0.29) is 30.1 Å². The summed E-state index contributed by atoms with van der Waals surface area (Å²) in [6.07, 6.45) is 1.62. The SMILES string of the molecule is CC(C)Oc1ccc(C(=O)NC(=S)NNC(=O)C2CC(=O)N(Cc3ccco3)C2)cc1Br. The van der Waals surface area contributed by atoms with Gasteiger partial charge in [0.1, 0.15) is 11.5 Å². The van der Waals surface area contributed by atoms with Crippen LogP contribution in [0.3, 0.4) is 0 Å². The molecule has 11 heteroatoms. The van der Waals surface area contributed by atoms with Crippen molar-refractivity contribution in [3.63, 3.8) is 0 Å². The first-order valence-electron chi connectivity index (χ1n) is 9.90. The maximum Gasteiger partial charge on any atom is 0.257 e. The molecule has 3 amide bonds. The van der Waals surface area contributed by atoms with Crippen LogP contribution >= 0.6 is 28.1 Å². The summed E-state index contributed by atoms with van der Waals surface area (Å²) in [7, 11) is 0. The topological polar surface area (TPSA) is 113 Å². The minimum Gasteiger partial charge on any atom is -0.490 e. The first-order valence-corrected chi connectivity index (χ1v) is 11.1. The fourth-order valence-corrected chi connectivity index (χ4v) is 3.73. The summed E-state index contributed by atoms with van der Waals surface area (Å²) in [6.45, 7) is 4.40. The van der Waals surface area contributed by atoms with Crippen molar-refractivity contribution in [1.82, 2.24) is 21.1 Å². The van der Waals surface area contributed by atoms with Crippen LogP contribution in [0.4, 0.5) is 0 Å². The van der Waals surface area contributed by atoms with E-state index in [0.717, 1.165) is 0 Å². The van der Waals surface area contributed by atoms with Crippen LogP contribution in [-0.4, -0.2) is 40.4 Å². The summed E-state index contributed by atoms with van der Waals surface area (Å²) in [5.74, 6) is -0.238. The van der Waals surface area contributed by atoms with Gasteiger partial charge in [0.25, 0.3) is 5.91 Å². The third-order valence-electron chi connectivity index (χ3n) is 4.60. The smallest absolute Gasteiger partial charge is 0.257 e. The Morgan fingerprint density at radius 3 is 2.75 bits per heavy atom. The number of carbonyl (C=O) groups is 3. The van der Waals surface area contributed by atoms with Gasteiger partial charge in [-0.25, -0.2) is 0 Å². The molecule has 3 N–H and O–H groups in total. The molecule has 1 aromatic heterocycles. The third kappa shape index (κ3) is 6.30. The molecule has 1 atom stereocenters. The molecule has 0 bridgehead atoms. The number of likely N-dealkylation sites (tertiary alicyclic amines) is 1. The molecule has 1 aliphatic heterocycles. The monoisotopic (exact) mass is 522 g/mol. The lowest BCUT2D eigenvalue weighted by Crippen LogP contribution is -2.50. The van der Waals surface area contributed by atoms with Gasteiger partial charge in [-0.15, -0.1) is 0 Å². The van der Waals surface area contributed by atoms with E-state index in [1.54, 1.807) is 35.2 Å². The summed E-state index contributed by atoms with van der Waals surface area (Å²) < 4.78 is 11.5. The predicted octanol–water partition coefficient (Wildman–Crippen LogP) is 2.51. The van der Waals surface area contributed by atoms with Crippen LogP contribution in [0.5, 0.6) is 5.75 Å². The van der Waals surface area contributed by atoms with Crippen molar-refractivity contribution in [3.05, 3.63) is 52.4 Å². The highest BCUT2D eigenvalue weighted by atomic mass is 79.9. The molecule has 2 aromatic rings. The molecule has 1 saturated heterocycles. The predicted molar refractivity (Wildman–Crippen MR) is 123 cm³/mol. The number of rotatable bonds is 6. The van der Waals surface area contributed by atoms with Crippen molar-refractivity contribution in [1.29, 1.82) is 0 Å². The standard InChI is InChI=1S/C21H23BrN4O5S/c1-12(2)31-17-6-5-13(8-16(17)22)19(28)23-21(32)25-24-20(29)14-9-18(27)26(10-14)11-15-4-3-7-30-15/h3-8,12,14H,9-11H2,1-2H3,(H,24,29)(H2,23,25,28,32). The average Bonchev–Trinajstić information content (AvgIpc) is 3.37. The van der Waals surface area contributed by atoms with Gasteiger partial charge < -0.3 is 14.1 Å². The highest BCUT2D eigenvalue weighted by Gasteiger charge is 2.34. The maximum absolute atomic E-state index is 12.4. The summed E-state index contributed by atoms with van der Waals surface area (Å²) in [5.41, 5.74) is 5.31. The zero-order valence-corrected chi connectivity index (χ0v) is 19.9. The number of hydrogen-bond acceptors (Lipinski definition) is 6. The van der Waals surface area contributed by atoms with Crippen molar-refractivity contribution in [2.24, 2.45) is 5.92 Å². The zero-order chi connectivity index (χ0) is 23.3. The molecule has 0 spiro atoms. The Kier molecular flexibility index (Phi) is 7.86. The van der Waals surface area contributed by atoms with Gasteiger partial charge in [0.05, 0.1) is 29.3 Å². The number of furan rings is 1. The fraction of sp³-hybridized carbons (Fsp3) is 0.333. The summed E-state index contributed by atoms with van der Waals surface area (Å²) >= 11 is 8.46. The number of hydrazine groups is 1. The van der Waals surface area contributed by atoms with E-state index in [4.69, 9.17) is 21.4 Å². The van der Waals surface area contributed by atoms with Crippen molar-refractivity contribution < 1.29 is 23.5 Å². The second-order valence-corrected chi connectivity index (χ2v) is 8.73. The van der Waals surface area contributed by atoms with Gasteiger partial charge in [0.2, 0.25) is 11.8 Å². The highest BCUT2D eigenvalue weighted by Crippen LogP contribution is 2.27. The molecule has 2 heterocycles. The van der Waals surface area contributed by atoms with Gasteiger partial charge in [-0.1, -0.05) is 0 Å². The minimum atomic E-state index is -0.534. The quantitative estimate of drug-likeness (QED) is 0.394. The van der Waals surface area contributed by atoms with E-state index in [1.165, 1.54) is 6.26 Å². The highest BCUT2D eigenvalue weighted by molar-refractivity contribution is 9.10. The number of thiocarbonyl (C=S) groups is 1. The largest absolute Gasteiger partial charge is 0.490 e. The van der Waals surface area contributed by atoms with E-state index in [2.05, 4.69) is 32.1 Å². The average molecular weight is 523 g/mol. The molecule has 9 nitrogen and oxygen atoms in total. The van der Waals surface area contributed by atoms with Crippen LogP contribution < -0.4 is 20.9 Å². The number of hydrogen-bond donors (Lipinski definition) is 3. The van der Waals surface area contributed by atoms with Gasteiger partial charge in [-0.3, -0.25) is 30.6 Å². The van der Waals surface area contributed by atoms with Gasteiger partial charge in [-0.05, 0) is 72.3 Å². The van der Waals surface area contributed by atoms with E-state index in [1.807, 2.05) is 13.8 Å².